The molecule has 1 fully saturated rings. The molecular formula is C19H22FN3O3S. The van der Waals surface area contributed by atoms with Crippen LogP contribution in [0.3, 0.4) is 0 Å². The molecule has 1 saturated heterocycles. The van der Waals surface area contributed by atoms with Gasteiger partial charge in [-0.15, -0.1) is 0 Å². The van der Waals surface area contributed by atoms with E-state index in [1.165, 1.54) is 30.1 Å². The van der Waals surface area contributed by atoms with Gasteiger partial charge in [0.1, 0.15) is 11.5 Å². The summed E-state index contributed by atoms with van der Waals surface area (Å²) >= 11 is 1.40. The number of halogens is 1. The summed E-state index contributed by atoms with van der Waals surface area (Å²) in [6.45, 7) is 3.02. The lowest BCUT2D eigenvalue weighted by molar-refractivity contribution is -0.149. The van der Waals surface area contributed by atoms with E-state index < -0.39 is 0 Å². The lowest BCUT2D eigenvalue weighted by atomic mass is 9.98. The third-order valence-electron chi connectivity index (χ3n) is 4.54. The molecule has 2 heterocycles. The van der Waals surface area contributed by atoms with Crippen molar-refractivity contribution < 1.29 is 18.7 Å². The number of hydrogen-bond donors (Lipinski definition) is 0. The van der Waals surface area contributed by atoms with E-state index in [1.807, 2.05) is 6.26 Å². The number of esters is 1. The van der Waals surface area contributed by atoms with Gasteiger partial charge in [0.15, 0.2) is 5.16 Å². The fourth-order valence-electron chi connectivity index (χ4n) is 3.25. The normalized spacial score (nSPS) is 17.0. The molecule has 1 atom stereocenters. The van der Waals surface area contributed by atoms with Crippen LogP contribution in [-0.2, 0) is 9.53 Å². The molecule has 0 bridgehead atoms. The molecule has 0 aliphatic carbocycles. The van der Waals surface area contributed by atoms with E-state index in [2.05, 4.69) is 4.98 Å². The van der Waals surface area contributed by atoms with Crippen molar-refractivity contribution in [3.05, 3.63) is 42.0 Å². The summed E-state index contributed by atoms with van der Waals surface area (Å²) in [6, 6.07) is 5.94. The third kappa shape index (κ3) is 4.16. The van der Waals surface area contributed by atoms with E-state index in [0.717, 1.165) is 12.8 Å². The number of rotatable bonds is 5. The first-order valence-electron chi connectivity index (χ1n) is 8.88. The minimum Gasteiger partial charge on any atom is -0.466 e. The van der Waals surface area contributed by atoms with Gasteiger partial charge >= 0.3 is 5.97 Å². The second-order valence-electron chi connectivity index (χ2n) is 6.28. The van der Waals surface area contributed by atoms with Crippen LogP contribution in [0.4, 0.5) is 4.39 Å². The molecule has 1 unspecified atom stereocenters. The predicted molar refractivity (Wildman–Crippen MR) is 101 cm³/mol. The van der Waals surface area contributed by atoms with Crippen molar-refractivity contribution in [1.82, 2.24) is 14.5 Å². The van der Waals surface area contributed by atoms with Crippen molar-refractivity contribution in [2.24, 2.45) is 5.92 Å². The number of imidazole rings is 1. The van der Waals surface area contributed by atoms with Crippen LogP contribution in [-0.4, -0.2) is 52.3 Å². The van der Waals surface area contributed by atoms with Gasteiger partial charge < -0.3 is 9.64 Å². The van der Waals surface area contributed by atoms with Crippen molar-refractivity contribution >= 4 is 23.6 Å². The van der Waals surface area contributed by atoms with Crippen LogP contribution in [0.5, 0.6) is 0 Å². The van der Waals surface area contributed by atoms with E-state index in [4.69, 9.17) is 4.74 Å². The SMILES string of the molecule is CCOC(=O)C1CCCN(C(=O)c2cnc(SC)n2-c2ccc(F)cc2)C1. The largest absolute Gasteiger partial charge is 0.466 e. The summed E-state index contributed by atoms with van der Waals surface area (Å²) in [5.41, 5.74) is 1.07. The maximum Gasteiger partial charge on any atom is 0.310 e. The van der Waals surface area contributed by atoms with E-state index in [9.17, 15) is 14.0 Å². The number of amides is 1. The van der Waals surface area contributed by atoms with Gasteiger partial charge in [0.25, 0.3) is 5.91 Å². The first kappa shape index (κ1) is 19.4. The first-order chi connectivity index (χ1) is 13.0. The minimum atomic E-state index is -0.342. The molecule has 1 aromatic carbocycles. The summed E-state index contributed by atoms with van der Waals surface area (Å²) in [7, 11) is 0. The van der Waals surface area contributed by atoms with Crippen molar-refractivity contribution in [3.63, 3.8) is 0 Å². The molecule has 0 radical (unpaired) electrons. The molecular weight excluding hydrogens is 369 g/mol. The number of likely N-dealkylation sites (tertiary alicyclic amines) is 1. The zero-order valence-electron chi connectivity index (χ0n) is 15.4. The Morgan fingerprint density at radius 2 is 2.07 bits per heavy atom. The van der Waals surface area contributed by atoms with E-state index >= 15 is 0 Å². The number of piperidine rings is 1. The molecule has 6 nitrogen and oxygen atoms in total. The number of aromatic nitrogens is 2. The zero-order chi connectivity index (χ0) is 19.4. The third-order valence-corrected chi connectivity index (χ3v) is 5.20. The molecule has 0 saturated carbocycles. The van der Waals surface area contributed by atoms with Crippen molar-refractivity contribution in [2.45, 2.75) is 24.9 Å². The van der Waals surface area contributed by atoms with Gasteiger partial charge in [0.2, 0.25) is 0 Å². The Morgan fingerprint density at radius 3 is 2.74 bits per heavy atom. The molecule has 0 N–H and O–H groups in total. The highest BCUT2D eigenvalue weighted by molar-refractivity contribution is 7.98. The summed E-state index contributed by atoms with van der Waals surface area (Å²) in [6.07, 6.45) is 4.87. The van der Waals surface area contributed by atoms with Crippen LogP contribution in [0.15, 0.2) is 35.6 Å². The first-order valence-corrected chi connectivity index (χ1v) is 10.1. The molecule has 2 aromatic rings. The van der Waals surface area contributed by atoms with Crippen LogP contribution < -0.4 is 0 Å². The Kier molecular flexibility index (Phi) is 6.15. The highest BCUT2D eigenvalue weighted by atomic mass is 32.2. The molecule has 144 valence electrons. The Bertz CT molecular complexity index is 822. The fourth-order valence-corrected chi connectivity index (χ4v) is 3.79. The second kappa shape index (κ2) is 8.56. The number of hydrogen-bond acceptors (Lipinski definition) is 5. The number of carbonyl (C=O) groups is 2. The Labute approximate surface area is 161 Å². The quantitative estimate of drug-likeness (QED) is 0.579. The van der Waals surface area contributed by atoms with Crippen molar-refractivity contribution in [2.75, 3.05) is 26.0 Å². The van der Waals surface area contributed by atoms with Crippen LogP contribution in [0.1, 0.15) is 30.3 Å². The monoisotopic (exact) mass is 391 g/mol. The summed E-state index contributed by atoms with van der Waals surface area (Å²) in [5.74, 6) is -1.09. The minimum absolute atomic E-state index is 0.193. The van der Waals surface area contributed by atoms with Gasteiger partial charge in [-0.2, -0.15) is 0 Å². The molecule has 1 amide bonds. The summed E-state index contributed by atoms with van der Waals surface area (Å²) in [5, 5.41) is 0.643. The van der Waals surface area contributed by atoms with Crippen LogP contribution in [0.2, 0.25) is 0 Å². The number of carbonyl (C=O) groups excluding carboxylic acids is 2. The number of ether oxygens (including phenoxy) is 1. The van der Waals surface area contributed by atoms with Gasteiger partial charge in [0.05, 0.1) is 18.7 Å². The van der Waals surface area contributed by atoms with Gasteiger partial charge in [-0.1, -0.05) is 11.8 Å². The Hall–Kier alpha value is -2.35. The lowest BCUT2D eigenvalue weighted by Crippen LogP contribution is -2.43. The highest BCUT2D eigenvalue weighted by Crippen LogP contribution is 2.25. The number of benzene rings is 1. The van der Waals surface area contributed by atoms with Crippen LogP contribution >= 0.6 is 11.8 Å². The number of nitrogens with zero attached hydrogens (tertiary/aromatic N) is 3. The Morgan fingerprint density at radius 1 is 1.33 bits per heavy atom. The van der Waals surface area contributed by atoms with Gasteiger partial charge in [0, 0.05) is 18.8 Å². The average molecular weight is 391 g/mol. The molecule has 3 rings (SSSR count). The second-order valence-corrected chi connectivity index (χ2v) is 7.06. The van der Waals surface area contributed by atoms with Gasteiger partial charge in [-0.05, 0) is 50.3 Å². The predicted octanol–water partition coefficient (Wildman–Crippen LogP) is 3.15. The van der Waals surface area contributed by atoms with Crippen molar-refractivity contribution in [3.8, 4) is 5.69 Å². The summed E-state index contributed by atoms with van der Waals surface area (Å²) in [4.78, 5) is 31.2. The molecule has 0 spiro atoms. The molecule has 1 aliphatic rings. The zero-order valence-corrected chi connectivity index (χ0v) is 16.2. The Balaban J connectivity index is 1.87. The fraction of sp³-hybridized carbons (Fsp3) is 0.421. The molecule has 1 aliphatic heterocycles. The summed E-state index contributed by atoms with van der Waals surface area (Å²) < 4.78 is 20.1. The lowest BCUT2D eigenvalue weighted by Gasteiger charge is -2.31. The van der Waals surface area contributed by atoms with E-state index in [-0.39, 0.29) is 23.6 Å². The van der Waals surface area contributed by atoms with E-state index in [1.54, 1.807) is 28.5 Å². The molecule has 8 heteroatoms. The maximum absolute atomic E-state index is 13.3. The smallest absolute Gasteiger partial charge is 0.310 e. The van der Waals surface area contributed by atoms with Gasteiger partial charge in [-0.3, -0.25) is 14.2 Å². The standard InChI is InChI=1S/C19H22FN3O3S/c1-3-26-18(25)13-5-4-10-22(12-13)17(24)16-11-21-19(27-2)23(16)15-8-6-14(20)7-9-15/h6-9,11,13H,3-5,10,12H2,1-2H3. The van der Waals surface area contributed by atoms with Crippen molar-refractivity contribution in [1.29, 1.82) is 0 Å². The highest BCUT2D eigenvalue weighted by Gasteiger charge is 2.31. The number of thioether (sulfide) groups is 1. The molecule has 1 aromatic heterocycles. The molecule has 27 heavy (non-hydrogen) atoms. The maximum atomic E-state index is 13.3. The van der Waals surface area contributed by atoms with E-state index in [0.29, 0.717) is 36.2 Å². The average Bonchev–Trinajstić information content (AvgIpc) is 3.12. The topological polar surface area (TPSA) is 64.4 Å². The van der Waals surface area contributed by atoms with Crippen LogP contribution in [0, 0.1) is 11.7 Å². The van der Waals surface area contributed by atoms with Crippen LogP contribution in [0.25, 0.3) is 5.69 Å². The van der Waals surface area contributed by atoms with Gasteiger partial charge in [-0.25, -0.2) is 9.37 Å².